The molecule has 1 fully saturated rings. The van der Waals surface area contributed by atoms with E-state index in [-0.39, 0.29) is 29.9 Å². The first-order chi connectivity index (χ1) is 14.6. The quantitative estimate of drug-likeness (QED) is 0.234. The fourth-order valence-corrected chi connectivity index (χ4v) is 3.58. The van der Waals surface area contributed by atoms with Crippen molar-refractivity contribution in [1.82, 2.24) is 10.6 Å². The Balaban J connectivity index is 0.00000341. The average molecular weight is 535 g/mol. The van der Waals surface area contributed by atoms with Crippen molar-refractivity contribution in [1.29, 1.82) is 0 Å². The van der Waals surface area contributed by atoms with E-state index in [9.17, 15) is 4.79 Å². The van der Waals surface area contributed by atoms with Crippen LogP contribution in [0.1, 0.15) is 30.4 Å². The van der Waals surface area contributed by atoms with Gasteiger partial charge in [-0.25, -0.2) is 0 Å². The van der Waals surface area contributed by atoms with Crippen LogP contribution in [0.2, 0.25) is 0 Å². The summed E-state index contributed by atoms with van der Waals surface area (Å²) in [5.41, 5.74) is 4.72. The van der Waals surface area contributed by atoms with Crippen LogP contribution in [-0.2, 0) is 17.8 Å². The summed E-state index contributed by atoms with van der Waals surface area (Å²) < 4.78 is 0. The Morgan fingerprint density at radius 1 is 1.03 bits per heavy atom. The lowest BCUT2D eigenvalue weighted by atomic mass is 10.1. The third kappa shape index (κ3) is 7.41. The van der Waals surface area contributed by atoms with Crippen LogP contribution in [0.15, 0.2) is 53.5 Å². The molecule has 31 heavy (non-hydrogen) atoms. The van der Waals surface area contributed by atoms with Crippen LogP contribution in [0.5, 0.6) is 0 Å². The van der Waals surface area contributed by atoms with Gasteiger partial charge < -0.3 is 20.4 Å². The fraction of sp³-hybridized carbons (Fsp3) is 0.417. The topological polar surface area (TPSA) is 60.0 Å². The van der Waals surface area contributed by atoms with E-state index >= 15 is 0 Å². The van der Waals surface area contributed by atoms with E-state index in [1.54, 1.807) is 7.05 Å². The van der Waals surface area contributed by atoms with Crippen molar-refractivity contribution in [2.75, 3.05) is 44.0 Å². The molecule has 0 unspecified atom stereocenters. The minimum absolute atomic E-state index is 0. The minimum atomic E-state index is 0. The van der Waals surface area contributed by atoms with Gasteiger partial charge in [-0.15, -0.1) is 24.0 Å². The number of rotatable bonds is 8. The maximum atomic E-state index is 11.9. The van der Waals surface area contributed by atoms with E-state index in [4.69, 9.17) is 0 Å². The van der Waals surface area contributed by atoms with Crippen molar-refractivity contribution in [3.8, 4) is 0 Å². The molecule has 3 rings (SSSR count). The number of halogens is 1. The smallest absolute Gasteiger partial charge is 0.227 e. The number of hydrogen-bond acceptors (Lipinski definition) is 3. The van der Waals surface area contributed by atoms with Gasteiger partial charge in [0.25, 0.3) is 0 Å². The number of aryl methyl sites for hydroxylation is 1. The van der Waals surface area contributed by atoms with Crippen molar-refractivity contribution in [2.45, 2.75) is 32.2 Å². The first kappa shape index (κ1) is 25.0. The summed E-state index contributed by atoms with van der Waals surface area (Å²) in [5.74, 6) is 1.02. The molecule has 1 aliphatic heterocycles. The van der Waals surface area contributed by atoms with Crippen molar-refractivity contribution in [3.63, 3.8) is 0 Å². The molecular weight excluding hydrogens is 501 g/mol. The van der Waals surface area contributed by atoms with E-state index in [0.717, 1.165) is 49.6 Å². The molecule has 0 saturated carbocycles. The number of nitrogens with zero attached hydrogens (tertiary/aromatic N) is 3. The van der Waals surface area contributed by atoms with Crippen LogP contribution in [0.3, 0.4) is 0 Å². The second-order valence-corrected chi connectivity index (χ2v) is 7.83. The number of benzene rings is 2. The number of aliphatic imine (C=N–C) groups is 1. The van der Waals surface area contributed by atoms with Crippen LogP contribution < -0.4 is 20.4 Å². The highest BCUT2D eigenvalue weighted by atomic mass is 127. The summed E-state index contributed by atoms with van der Waals surface area (Å²) in [6.45, 7) is 2.39. The number of hydrogen-bond donors (Lipinski definition) is 2. The molecule has 1 saturated heterocycles. The van der Waals surface area contributed by atoms with Gasteiger partial charge in [0.05, 0.1) is 0 Å². The molecule has 0 bridgehead atoms. The summed E-state index contributed by atoms with van der Waals surface area (Å²) in [4.78, 5) is 20.1. The van der Waals surface area contributed by atoms with Crippen LogP contribution in [-0.4, -0.2) is 46.1 Å². The average Bonchev–Trinajstić information content (AvgIpc) is 3.20. The Bertz CT molecular complexity index is 849. The lowest BCUT2D eigenvalue weighted by molar-refractivity contribution is -0.117. The van der Waals surface area contributed by atoms with Gasteiger partial charge in [-0.2, -0.15) is 0 Å². The molecule has 0 atom stereocenters. The van der Waals surface area contributed by atoms with Crippen LogP contribution >= 0.6 is 24.0 Å². The standard InChI is InChI=1S/C24H33N5O.HI/c1-25-24(26-16-4-6-19-8-12-21(13-9-19)28(2)3)27-18-20-10-14-22(15-11-20)29-17-5-7-23(29)30;/h8-15H,4-7,16-18H2,1-3H3,(H2,25,26,27);1H. The van der Waals surface area contributed by atoms with Gasteiger partial charge in [-0.3, -0.25) is 9.79 Å². The SMILES string of the molecule is CN=C(NCCCc1ccc(N(C)C)cc1)NCc1ccc(N2CCCC2=O)cc1.I. The Hall–Kier alpha value is -2.29. The summed E-state index contributed by atoms with van der Waals surface area (Å²) in [7, 11) is 5.90. The summed E-state index contributed by atoms with van der Waals surface area (Å²) in [6.07, 6.45) is 3.69. The zero-order chi connectivity index (χ0) is 21.3. The zero-order valence-corrected chi connectivity index (χ0v) is 21.1. The number of anilines is 2. The summed E-state index contributed by atoms with van der Waals surface area (Å²) in [6, 6.07) is 16.9. The van der Waals surface area contributed by atoms with Crippen molar-refractivity contribution >= 4 is 47.2 Å². The van der Waals surface area contributed by atoms with Crippen molar-refractivity contribution in [2.24, 2.45) is 4.99 Å². The second kappa shape index (κ2) is 12.5. The maximum Gasteiger partial charge on any atom is 0.227 e. The molecule has 0 spiro atoms. The Kier molecular flexibility index (Phi) is 10.1. The Morgan fingerprint density at radius 3 is 2.29 bits per heavy atom. The van der Waals surface area contributed by atoms with E-state index in [0.29, 0.717) is 13.0 Å². The summed E-state index contributed by atoms with van der Waals surface area (Å²) >= 11 is 0. The highest BCUT2D eigenvalue weighted by molar-refractivity contribution is 14.0. The Morgan fingerprint density at radius 2 is 1.71 bits per heavy atom. The molecule has 0 radical (unpaired) electrons. The third-order valence-corrected chi connectivity index (χ3v) is 5.39. The van der Waals surface area contributed by atoms with Gasteiger partial charge in [0.2, 0.25) is 5.91 Å². The Labute approximate surface area is 203 Å². The van der Waals surface area contributed by atoms with Gasteiger partial charge in [0.1, 0.15) is 0 Å². The highest BCUT2D eigenvalue weighted by Crippen LogP contribution is 2.21. The molecule has 7 heteroatoms. The molecular formula is C24H34IN5O. The normalized spacial score (nSPS) is 13.7. The molecule has 1 heterocycles. The maximum absolute atomic E-state index is 11.9. The first-order valence-electron chi connectivity index (χ1n) is 10.7. The van der Waals surface area contributed by atoms with Gasteiger partial charge >= 0.3 is 0 Å². The van der Waals surface area contributed by atoms with E-state index in [1.165, 1.54) is 11.3 Å². The predicted molar refractivity (Wildman–Crippen MR) is 141 cm³/mol. The van der Waals surface area contributed by atoms with Gasteiger partial charge in [0, 0.05) is 58.6 Å². The molecule has 6 nitrogen and oxygen atoms in total. The van der Waals surface area contributed by atoms with Crippen LogP contribution in [0, 0.1) is 0 Å². The van der Waals surface area contributed by atoms with Crippen molar-refractivity contribution < 1.29 is 4.79 Å². The lowest BCUT2D eigenvalue weighted by Crippen LogP contribution is -2.37. The number of guanidine groups is 1. The number of carbonyl (C=O) groups excluding carboxylic acids is 1. The number of carbonyl (C=O) groups is 1. The van der Waals surface area contributed by atoms with Gasteiger partial charge in [0.15, 0.2) is 5.96 Å². The predicted octanol–water partition coefficient (Wildman–Crippen LogP) is 3.80. The molecule has 1 aliphatic rings. The molecule has 2 aromatic carbocycles. The number of amides is 1. The zero-order valence-electron chi connectivity index (χ0n) is 18.7. The number of nitrogens with one attached hydrogen (secondary N) is 2. The van der Waals surface area contributed by atoms with Gasteiger partial charge in [-0.1, -0.05) is 24.3 Å². The molecule has 168 valence electrons. The molecule has 1 amide bonds. The van der Waals surface area contributed by atoms with Crippen LogP contribution in [0.25, 0.3) is 0 Å². The largest absolute Gasteiger partial charge is 0.378 e. The third-order valence-electron chi connectivity index (χ3n) is 5.39. The lowest BCUT2D eigenvalue weighted by Gasteiger charge is -2.16. The monoisotopic (exact) mass is 535 g/mol. The molecule has 2 N–H and O–H groups in total. The fourth-order valence-electron chi connectivity index (χ4n) is 3.58. The van der Waals surface area contributed by atoms with E-state index < -0.39 is 0 Å². The van der Waals surface area contributed by atoms with Crippen molar-refractivity contribution in [3.05, 3.63) is 59.7 Å². The van der Waals surface area contributed by atoms with E-state index in [2.05, 4.69) is 71.0 Å². The van der Waals surface area contributed by atoms with Gasteiger partial charge in [-0.05, 0) is 54.7 Å². The van der Waals surface area contributed by atoms with Crippen LogP contribution in [0.4, 0.5) is 11.4 Å². The molecule has 0 aromatic heterocycles. The first-order valence-corrected chi connectivity index (χ1v) is 10.7. The van der Waals surface area contributed by atoms with E-state index in [1.807, 2.05) is 17.0 Å². The highest BCUT2D eigenvalue weighted by Gasteiger charge is 2.21. The summed E-state index contributed by atoms with van der Waals surface area (Å²) in [5, 5.41) is 6.73. The minimum Gasteiger partial charge on any atom is -0.378 e. The molecule has 2 aromatic rings. The molecule has 0 aliphatic carbocycles. The second-order valence-electron chi connectivity index (χ2n) is 7.83.